The van der Waals surface area contributed by atoms with Crippen LogP contribution in [0.3, 0.4) is 0 Å². The summed E-state index contributed by atoms with van der Waals surface area (Å²) >= 11 is 1.51. The molecule has 1 N–H and O–H groups in total. The van der Waals surface area contributed by atoms with Crippen molar-refractivity contribution in [2.45, 2.75) is 51.9 Å². The summed E-state index contributed by atoms with van der Waals surface area (Å²) in [4.78, 5) is 4.59. The second-order valence-corrected chi connectivity index (χ2v) is 5.59. The molecule has 1 aromatic heterocycles. The summed E-state index contributed by atoms with van der Waals surface area (Å²) in [6.45, 7) is 5.51. The fourth-order valence-electron chi connectivity index (χ4n) is 2.22. The van der Waals surface area contributed by atoms with Crippen LogP contribution in [0.1, 0.15) is 57.7 Å². The first kappa shape index (κ1) is 11.8. The van der Waals surface area contributed by atoms with Crippen LogP contribution in [0.25, 0.3) is 0 Å². The van der Waals surface area contributed by atoms with Gasteiger partial charge in [0.05, 0.1) is 0 Å². The summed E-state index contributed by atoms with van der Waals surface area (Å²) in [7, 11) is 0. The second kappa shape index (κ2) is 5.62. The normalized spacial score (nSPS) is 25.6. The highest BCUT2D eigenvalue weighted by atomic mass is 32.1. The topological polar surface area (TPSA) is 37.8 Å². The molecule has 1 aliphatic carbocycles. The maximum Gasteiger partial charge on any atom is 0.202 e. The van der Waals surface area contributed by atoms with Gasteiger partial charge >= 0.3 is 0 Å². The molecular weight excluding hydrogens is 218 g/mol. The van der Waals surface area contributed by atoms with Gasteiger partial charge in [-0.05, 0) is 25.2 Å². The first-order valence-electron chi connectivity index (χ1n) is 6.37. The Hall–Kier alpha value is -0.640. The monoisotopic (exact) mass is 239 g/mol. The average molecular weight is 239 g/mol. The highest BCUT2D eigenvalue weighted by molar-refractivity contribution is 7.09. The van der Waals surface area contributed by atoms with Gasteiger partial charge in [0.25, 0.3) is 0 Å². The largest absolute Gasteiger partial charge is 0.360 e. The number of anilines is 1. The first-order valence-corrected chi connectivity index (χ1v) is 7.14. The number of aromatic nitrogens is 2. The van der Waals surface area contributed by atoms with E-state index in [0.717, 1.165) is 29.8 Å². The lowest BCUT2D eigenvalue weighted by Gasteiger charge is -2.23. The van der Waals surface area contributed by atoms with E-state index < -0.39 is 0 Å². The summed E-state index contributed by atoms with van der Waals surface area (Å²) in [5.74, 6) is 2.59. The Kier molecular flexibility index (Phi) is 4.16. The number of rotatable bonds is 4. The number of hydrogen-bond acceptors (Lipinski definition) is 4. The second-order valence-electron chi connectivity index (χ2n) is 4.84. The lowest BCUT2D eigenvalue weighted by molar-refractivity contribution is 0.341. The van der Waals surface area contributed by atoms with Crippen LogP contribution in [0.4, 0.5) is 5.13 Å². The molecular formula is C12H21N3S. The molecule has 3 nitrogen and oxygen atoms in total. The van der Waals surface area contributed by atoms with E-state index in [1.807, 2.05) is 0 Å². The fourth-order valence-corrected chi connectivity index (χ4v) is 2.89. The van der Waals surface area contributed by atoms with Crippen LogP contribution in [-0.4, -0.2) is 15.9 Å². The fraction of sp³-hybridized carbons (Fsp3) is 0.833. The molecule has 4 heteroatoms. The van der Waals surface area contributed by atoms with Gasteiger partial charge in [0, 0.05) is 24.0 Å². The molecule has 90 valence electrons. The molecule has 0 aromatic carbocycles. The first-order chi connectivity index (χ1) is 7.79. The van der Waals surface area contributed by atoms with Crippen LogP contribution in [0.15, 0.2) is 0 Å². The maximum absolute atomic E-state index is 4.59. The van der Waals surface area contributed by atoms with Crippen molar-refractivity contribution >= 4 is 16.7 Å². The Labute approximate surface area is 102 Å². The van der Waals surface area contributed by atoms with Crippen molar-refractivity contribution in [2.24, 2.45) is 5.92 Å². The summed E-state index contributed by atoms with van der Waals surface area (Å²) < 4.78 is 4.49. The van der Waals surface area contributed by atoms with Gasteiger partial charge in [-0.25, -0.2) is 4.98 Å². The van der Waals surface area contributed by atoms with Crippen LogP contribution >= 0.6 is 11.5 Å². The lowest BCUT2D eigenvalue weighted by atomic mass is 9.83. The molecule has 1 heterocycles. The molecule has 1 fully saturated rings. The summed E-state index contributed by atoms with van der Waals surface area (Å²) in [5, 5.41) is 4.30. The van der Waals surface area contributed by atoms with Crippen molar-refractivity contribution in [2.75, 3.05) is 11.9 Å². The summed E-state index contributed by atoms with van der Waals surface area (Å²) in [5.41, 5.74) is 0. The van der Waals surface area contributed by atoms with E-state index in [9.17, 15) is 0 Å². The third kappa shape index (κ3) is 2.94. The van der Waals surface area contributed by atoms with Crippen molar-refractivity contribution in [1.82, 2.24) is 9.36 Å². The van der Waals surface area contributed by atoms with Crippen LogP contribution in [-0.2, 0) is 0 Å². The molecule has 0 bridgehead atoms. The molecule has 0 spiro atoms. The van der Waals surface area contributed by atoms with E-state index in [1.165, 1.54) is 37.2 Å². The van der Waals surface area contributed by atoms with E-state index >= 15 is 0 Å². The van der Waals surface area contributed by atoms with Gasteiger partial charge in [-0.15, -0.1) is 0 Å². The standard InChI is InChI=1S/C12H21N3S/c1-3-8-13-12-14-11(15-16-12)10-6-4-9(2)5-7-10/h9-10H,3-8H2,1-2H3,(H,13,14,15). The van der Waals surface area contributed by atoms with Crippen molar-refractivity contribution in [3.63, 3.8) is 0 Å². The van der Waals surface area contributed by atoms with Gasteiger partial charge in [-0.3, -0.25) is 0 Å². The zero-order valence-corrected chi connectivity index (χ0v) is 11.0. The van der Waals surface area contributed by atoms with Crippen LogP contribution < -0.4 is 5.32 Å². The van der Waals surface area contributed by atoms with E-state index in [1.54, 1.807) is 0 Å². The average Bonchev–Trinajstić information content (AvgIpc) is 2.76. The van der Waals surface area contributed by atoms with E-state index in [0.29, 0.717) is 5.92 Å². The van der Waals surface area contributed by atoms with Gasteiger partial charge < -0.3 is 5.32 Å². The molecule has 0 saturated heterocycles. The molecule has 0 radical (unpaired) electrons. The predicted molar refractivity (Wildman–Crippen MR) is 69.1 cm³/mol. The molecule has 16 heavy (non-hydrogen) atoms. The van der Waals surface area contributed by atoms with E-state index in [-0.39, 0.29) is 0 Å². The Morgan fingerprint density at radius 1 is 1.31 bits per heavy atom. The van der Waals surface area contributed by atoms with Gasteiger partial charge in [0.15, 0.2) is 0 Å². The Morgan fingerprint density at radius 2 is 2.06 bits per heavy atom. The third-order valence-corrected chi connectivity index (χ3v) is 4.04. The number of nitrogens with zero attached hydrogens (tertiary/aromatic N) is 2. The molecule has 0 unspecified atom stereocenters. The lowest BCUT2D eigenvalue weighted by Crippen LogP contribution is -2.12. The highest BCUT2D eigenvalue weighted by Crippen LogP contribution is 2.35. The Bertz CT molecular complexity index is 316. The van der Waals surface area contributed by atoms with Gasteiger partial charge in [-0.2, -0.15) is 4.37 Å². The minimum Gasteiger partial charge on any atom is -0.360 e. The highest BCUT2D eigenvalue weighted by Gasteiger charge is 2.22. The van der Waals surface area contributed by atoms with Crippen LogP contribution in [0, 0.1) is 5.92 Å². The summed E-state index contributed by atoms with van der Waals surface area (Å²) in [6.07, 6.45) is 6.34. The number of hydrogen-bond donors (Lipinski definition) is 1. The molecule has 0 atom stereocenters. The van der Waals surface area contributed by atoms with Gasteiger partial charge in [-0.1, -0.05) is 26.7 Å². The van der Waals surface area contributed by atoms with Crippen LogP contribution in [0.2, 0.25) is 0 Å². The van der Waals surface area contributed by atoms with Gasteiger partial charge in [0.2, 0.25) is 5.13 Å². The zero-order chi connectivity index (χ0) is 11.4. The van der Waals surface area contributed by atoms with Crippen molar-refractivity contribution < 1.29 is 0 Å². The minimum absolute atomic E-state index is 0.615. The summed E-state index contributed by atoms with van der Waals surface area (Å²) in [6, 6.07) is 0. The maximum atomic E-state index is 4.59. The molecule has 2 rings (SSSR count). The van der Waals surface area contributed by atoms with E-state index in [4.69, 9.17) is 0 Å². The Balaban J connectivity index is 1.91. The molecule has 0 amide bonds. The van der Waals surface area contributed by atoms with E-state index in [2.05, 4.69) is 28.5 Å². The van der Waals surface area contributed by atoms with Crippen molar-refractivity contribution in [3.05, 3.63) is 5.82 Å². The number of nitrogens with one attached hydrogen (secondary N) is 1. The minimum atomic E-state index is 0.615. The Morgan fingerprint density at radius 3 is 2.75 bits per heavy atom. The van der Waals surface area contributed by atoms with Crippen molar-refractivity contribution in [1.29, 1.82) is 0 Å². The van der Waals surface area contributed by atoms with Crippen molar-refractivity contribution in [3.8, 4) is 0 Å². The molecule has 1 aliphatic rings. The van der Waals surface area contributed by atoms with Crippen LogP contribution in [0.5, 0.6) is 0 Å². The molecule has 1 saturated carbocycles. The smallest absolute Gasteiger partial charge is 0.202 e. The third-order valence-electron chi connectivity index (χ3n) is 3.35. The molecule has 0 aliphatic heterocycles. The quantitative estimate of drug-likeness (QED) is 0.871. The van der Waals surface area contributed by atoms with Gasteiger partial charge in [0.1, 0.15) is 5.82 Å². The predicted octanol–water partition coefficient (Wildman–Crippen LogP) is 3.65. The molecule has 1 aromatic rings. The SMILES string of the molecule is CCCNc1nc(C2CCC(C)CC2)ns1. The zero-order valence-electron chi connectivity index (χ0n) is 10.2.